The van der Waals surface area contributed by atoms with Crippen molar-refractivity contribution >= 4 is 15.9 Å². The van der Waals surface area contributed by atoms with Crippen molar-refractivity contribution in [2.45, 2.75) is 58.4 Å². The highest BCUT2D eigenvalue weighted by Gasteiger charge is 2.25. The first-order valence-electron chi connectivity index (χ1n) is 7.21. The van der Waals surface area contributed by atoms with Crippen LogP contribution in [0.3, 0.4) is 0 Å². The Morgan fingerprint density at radius 2 is 2.05 bits per heavy atom. The maximum atomic E-state index is 5.76. The van der Waals surface area contributed by atoms with E-state index in [2.05, 4.69) is 68.7 Å². The smallest absolute Gasteiger partial charge is 0.123 e. The molecule has 0 saturated carbocycles. The van der Waals surface area contributed by atoms with Crippen LogP contribution in [0.4, 0.5) is 0 Å². The minimum absolute atomic E-state index is 0.326. The molecule has 1 heterocycles. The Bertz CT molecular complexity index is 447. The number of benzene rings is 1. The lowest BCUT2D eigenvalue weighted by molar-refractivity contribution is 0.246. The Morgan fingerprint density at radius 3 is 2.68 bits per heavy atom. The largest absolute Gasteiger partial charge is 0.490 e. The number of hydrogen-bond acceptors (Lipinski definition) is 1. The van der Waals surface area contributed by atoms with Gasteiger partial charge in [0.15, 0.2) is 0 Å². The van der Waals surface area contributed by atoms with Crippen molar-refractivity contribution in [3.63, 3.8) is 0 Å². The predicted octanol–water partition coefficient (Wildman–Crippen LogP) is 5.52. The number of alkyl halides is 1. The molecule has 106 valence electrons. The van der Waals surface area contributed by atoms with E-state index < -0.39 is 0 Å². The monoisotopic (exact) mass is 324 g/mol. The lowest BCUT2D eigenvalue weighted by Crippen LogP contribution is -2.18. The van der Waals surface area contributed by atoms with E-state index in [1.165, 1.54) is 17.5 Å². The zero-order valence-corrected chi connectivity index (χ0v) is 14.3. The first kappa shape index (κ1) is 14.9. The minimum atomic E-state index is 0.326. The van der Waals surface area contributed by atoms with Gasteiger partial charge in [0, 0.05) is 11.2 Å². The van der Waals surface area contributed by atoms with Crippen molar-refractivity contribution in [2.24, 2.45) is 11.3 Å². The average molecular weight is 325 g/mol. The van der Waals surface area contributed by atoms with Crippen LogP contribution >= 0.6 is 15.9 Å². The number of ether oxygens (including phenoxy) is 1. The van der Waals surface area contributed by atoms with E-state index >= 15 is 0 Å². The maximum absolute atomic E-state index is 5.76. The molecule has 3 atom stereocenters. The quantitative estimate of drug-likeness (QED) is 0.665. The van der Waals surface area contributed by atoms with Gasteiger partial charge in [0.1, 0.15) is 11.9 Å². The van der Waals surface area contributed by atoms with Crippen LogP contribution in [0.15, 0.2) is 18.2 Å². The van der Waals surface area contributed by atoms with Crippen LogP contribution in [-0.4, -0.2) is 6.10 Å². The summed E-state index contributed by atoms with van der Waals surface area (Å²) in [5, 5.41) is 0. The molecule has 0 spiro atoms. The second-order valence-electron chi connectivity index (χ2n) is 6.97. The Morgan fingerprint density at radius 1 is 1.37 bits per heavy atom. The van der Waals surface area contributed by atoms with Gasteiger partial charge in [-0.15, -0.1) is 0 Å². The van der Waals surface area contributed by atoms with Crippen LogP contribution in [0.1, 0.15) is 57.0 Å². The van der Waals surface area contributed by atoms with E-state index in [4.69, 9.17) is 4.74 Å². The molecule has 0 amide bonds. The molecule has 1 aromatic rings. The third-order valence-corrected chi connectivity index (χ3v) is 5.22. The van der Waals surface area contributed by atoms with Gasteiger partial charge in [0.25, 0.3) is 0 Å². The van der Waals surface area contributed by atoms with Crippen LogP contribution in [0.5, 0.6) is 5.75 Å². The highest BCUT2D eigenvalue weighted by atomic mass is 79.9. The van der Waals surface area contributed by atoms with Gasteiger partial charge in [-0.2, -0.15) is 0 Å². The van der Waals surface area contributed by atoms with Gasteiger partial charge in [0.05, 0.1) is 0 Å². The van der Waals surface area contributed by atoms with Gasteiger partial charge in [0.2, 0.25) is 0 Å². The van der Waals surface area contributed by atoms with Crippen molar-refractivity contribution in [2.75, 3.05) is 0 Å². The molecule has 2 heteroatoms. The standard InChI is InChI=1S/C17H25BrO/c1-11(17(3,4)5)8-15(18)13-6-7-16-14(10-13)9-12(2)19-16/h6-7,10-12,15H,8-9H2,1-5H3. The molecule has 1 nitrogen and oxygen atoms in total. The Labute approximate surface area is 125 Å². The summed E-state index contributed by atoms with van der Waals surface area (Å²) in [6.07, 6.45) is 2.53. The van der Waals surface area contributed by atoms with E-state index in [9.17, 15) is 0 Å². The molecule has 19 heavy (non-hydrogen) atoms. The second-order valence-corrected chi connectivity index (χ2v) is 8.08. The molecule has 0 bridgehead atoms. The normalized spacial score (nSPS) is 21.7. The van der Waals surface area contributed by atoms with Crippen molar-refractivity contribution in [1.82, 2.24) is 0 Å². The summed E-state index contributed by atoms with van der Waals surface area (Å²) < 4.78 is 5.76. The number of hydrogen-bond donors (Lipinski definition) is 0. The van der Waals surface area contributed by atoms with Crippen molar-refractivity contribution in [3.8, 4) is 5.75 Å². The van der Waals surface area contributed by atoms with E-state index in [1.807, 2.05) is 0 Å². The summed E-state index contributed by atoms with van der Waals surface area (Å²) in [5.41, 5.74) is 3.10. The number of rotatable bonds is 3. The van der Waals surface area contributed by atoms with Crippen LogP contribution in [0.25, 0.3) is 0 Å². The van der Waals surface area contributed by atoms with Gasteiger partial charge >= 0.3 is 0 Å². The summed E-state index contributed by atoms with van der Waals surface area (Å²) >= 11 is 3.86. The van der Waals surface area contributed by atoms with E-state index in [0.29, 0.717) is 22.3 Å². The van der Waals surface area contributed by atoms with Crippen molar-refractivity contribution < 1.29 is 4.74 Å². The Kier molecular flexibility index (Phi) is 4.29. The van der Waals surface area contributed by atoms with Gasteiger partial charge in [-0.1, -0.05) is 55.8 Å². The molecule has 2 rings (SSSR count). The molecule has 0 radical (unpaired) electrons. The summed E-state index contributed by atoms with van der Waals surface area (Å²) in [7, 11) is 0. The molecule has 1 aliphatic heterocycles. The molecule has 0 fully saturated rings. The molecule has 1 aromatic carbocycles. The van der Waals surface area contributed by atoms with Crippen LogP contribution < -0.4 is 4.74 Å². The lowest BCUT2D eigenvalue weighted by Gasteiger charge is -2.29. The second kappa shape index (κ2) is 5.47. The summed E-state index contributed by atoms with van der Waals surface area (Å²) in [6.45, 7) is 11.4. The molecule has 1 aliphatic rings. The zero-order chi connectivity index (χ0) is 14.2. The highest BCUT2D eigenvalue weighted by molar-refractivity contribution is 9.09. The fraction of sp³-hybridized carbons (Fsp3) is 0.647. The lowest BCUT2D eigenvalue weighted by atomic mass is 9.79. The number of fused-ring (bicyclic) bond motifs is 1. The van der Waals surface area contributed by atoms with Crippen molar-refractivity contribution in [1.29, 1.82) is 0 Å². The maximum Gasteiger partial charge on any atom is 0.123 e. The molecule has 0 aliphatic carbocycles. The summed E-state index contributed by atoms with van der Waals surface area (Å²) in [4.78, 5) is 0.433. The fourth-order valence-electron chi connectivity index (χ4n) is 2.44. The van der Waals surface area contributed by atoms with Crippen LogP contribution in [0.2, 0.25) is 0 Å². The van der Waals surface area contributed by atoms with Crippen LogP contribution in [0, 0.1) is 11.3 Å². The first-order chi connectivity index (χ1) is 8.77. The molecule has 3 unspecified atom stereocenters. The van der Waals surface area contributed by atoms with Gasteiger partial charge in [-0.05, 0) is 41.9 Å². The molecule has 0 saturated heterocycles. The predicted molar refractivity (Wildman–Crippen MR) is 85.1 cm³/mol. The van der Waals surface area contributed by atoms with E-state index in [1.54, 1.807) is 0 Å². The van der Waals surface area contributed by atoms with Gasteiger partial charge in [-0.3, -0.25) is 0 Å². The molecular weight excluding hydrogens is 300 g/mol. The third kappa shape index (κ3) is 3.53. The third-order valence-electron chi connectivity index (χ3n) is 4.32. The van der Waals surface area contributed by atoms with E-state index in [0.717, 1.165) is 12.2 Å². The minimum Gasteiger partial charge on any atom is -0.490 e. The van der Waals surface area contributed by atoms with E-state index in [-0.39, 0.29) is 0 Å². The Hall–Kier alpha value is -0.500. The molecular formula is C17H25BrO. The first-order valence-corrected chi connectivity index (χ1v) is 8.12. The summed E-state index contributed by atoms with van der Waals surface area (Å²) in [6, 6.07) is 6.64. The van der Waals surface area contributed by atoms with Gasteiger partial charge in [-0.25, -0.2) is 0 Å². The molecule has 0 N–H and O–H groups in total. The topological polar surface area (TPSA) is 9.23 Å². The zero-order valence-electron chi connectivity index (χ0n) is 12.7. The Balaban J connectivity index is 2.09. The van der Waals surface area contributed by atoms with Gasteiger partial charge < -0.3 is 4.74 Å². The average Bonchev–Trinajstić information content (AvgIpc) is 2.66. The molecule has 0 aromatic heterocycles. The highest BCUT2D eigenvalue weighted by Crippen LogP contribution is 2.39. The SMILES string of the molecule is CC1Cc2cc(C(Br)CC(C)C(C)(C)C)ccc2O1. The fourth-order valence-corrected chi connectivity index (χ4v) is 3.28. The van der Waals surface area contributed by atoms with Crippen LogP contribution in [-0.2, 0) is 6.42 Å². The summed E-state index contributed by atoms with van der Waals surface area (Å²) in [5.74, 6) is 1.75. The number of halogens is 1. The van der Waals surface area contributed by atoms with Crippen molar-refractivity contribution in [3.05, 3.63) is 29.3 Å².